The van der Waals surface area contributed by atoms with Crippen LogP contribution < -0.4 is 0 Å². The fourth-order valence-corrected chi connectivity index (χ4v) is 4.20. The topological polar surface area (TPSA) is 33.2 Å². The third kappa shape index (κ3) is 4.32. The molecule has 0 radical (unpaired) electrons. The van der Waals surface area contributed by atoms with Crippen molar-refractivity contribution >= 4 is 27.5 Å². The third-order valence-corrected chi connectivity index (χ3v) is 5.86. The third-order valence-electron chi connectivity index (χ3n) is 4.76. The molecule has 0 spiro atoms. The van der Waals surface area contributed by atoms with Crippen LogP contribution in [0.3, 0.4) is 0 Å². The van der Waals surface area contributed by atoms with Crippen molar-refractivity contribution in [2.75, 3.05) is 13.1 Å². The average molecular weight is 370 g/mol. The predicted octanol–water partition coefficient (Wildman–Crippen LogP) is 4.90. The van der Waals surface area contributed by atoms with Crippen molar-refractivity contribution in [2.24, 2.45) is 5.92 Å². The molecule has 0 saturated carbocycles. The van der Waals surface area contributed by atoms with Crippen LogP contribution in [0.15, 0.2) is 18.2 Å². The summed E-state index contributed by atoms with van der Waals surface area (Å²) in [5.74, 6) is 0.703. The molecule has 3 rings (SSSR count). The second-order valence-corrected chi connectivity index (χ2v) is 7.66. The Labute approximate surface area is 148 Å². The van der Waals surface area contributed by atoms with Crippen molar-refractivity contribution < 1.29 is 18.0 Å². The zero-order valence-electron chi connectivity index (χ0n) is 14.1. The molecule has 1 aromatic heterocycles. The van der Waals surface area contributed by atoms with Gasteiger partial charge in [-0.1, -0.05) is 13.3 Å². The zero-order valence-corrected chi connectivity index (χ0v) is 14.9. The van der Waals surface area contributed by atoms with E-state index in [0.29, 0.717) is 29.3 Å². The number of carbonyl (C=O) groups excluding carboxylic acids is 1. The van der Waals surface area contributed by atoms with E-state index in [1.54, 1.807) is 0 Å². The Morgan fingerprint density at radius 1 is 1.40 bits per heavy atom. The van der Waals surface area contributed by atoms with Crippen molar-refractivity contribution in [2.45, 2.75) is 45.2 Å². The summed E-state index contributed by atoms with van der Waals surface area (Å²) in [6, 6.07) is 3.61. The highest BCUT2D eigenvalue weighted by atomic mass is 32.1. The van der Waals surface area contributed by atoms with Gasteiger partial charge in [0.2, 0.25) is 5.91 Å². The molecule has 3 nitrogen and oxygen atoms in total. The van der Waals surface area contributed by atoms with Gasteiger partial charge in [0.15, 0.2) is 0 Å². The number of benzene rings is 1. The molecule has 1 aliphatic rings. The highest BCUT2D eigenvalue weighted by Crippen LogP contribution is 2.33. The lowest BCUT2D eigenvalue weighted by Crippen LogP contribution is -2.39. The van der Waals surface area contributed by atoms with Gasteiger partial charge in [-0.3, -0.25) is 4.79 Å². The molecule has 1 atom stereocenters. The SMILES string of the molecule is CCC1CCCN(C(=O)CCc2nc3cc(C(F)(F)F)ccc3s2)C1. The second-order valence-electron chi connectivity index (χ2n) is 6.54. The molecule has 1 fully saturated rings. The van der Waals surface area contributed by atoms with Crippen molar-refractivity contribution in [3.63, 3.8) is 0 Å². The molecule has 7 heteroatoms. The Bertz CT molecular complexity index is 756. The van der Waals surface area contributed by atoms with Crippen LogP contribution >= 0.6 is 11.3 Å². The van der Waals surface area contributed by atoms with E-state index in [1.807, 2.05) is 4.90 Å². The van der Waals surface area contributed by atoms with Crippen LogP contribution in [-0.4, -0.2) is 28.9 Å². The maximum atomic E-state index is 12.8. The van der Waals surface area contributed by atoms with Crippen molar-refractivity contribution in [1.82, 2.24) is 9.88 Å². The number of rotatable bonds is 4. The minimum Gasteiger partial charge on any atom is -0.342 e. The number of fused-ring (bicyclic) bond motifs is 1. The van der Waals surface area contributed by atoms with Crippen LogP contribution in [0.5, 0.6) is 0 Å². The number of likely N-dealkylation sites (tertiary alicyclic amines) is 1. The summed E-state index contributed by atoms with van der Waals surface area (Å²) in [7, 11) is 0. The predicted molar refractivity (Wildman–Crippen MR) is 92.5 cm³/mol. The summed E-state index contributed by atoms with van der Waals surface area (Å²) >= 11 is 1.36. The van der Waals surface area contributed by atoms with Gasteiger partial charge in [0.25, 0.3) is 0 Å². The molecule has 1 aromatic carbocycles. The highest BCUT2D eigenvalue weighted by Gasteiger charge is 2.30. The van der Waals surface area contributed by atoms with Gasteiger partial charge >= 0.3 is 6.18 Å². The molecule has 25 heavy (non-hydrogen) atoms. The summed E-state index contributed by atoms with van der Waals surface area (Å²) in [6.07, 6.45) is -0.207. The normalized spacial score (nSPS) is 18.7. The number of piperidine rings is 1. The van der Waals surface area contributed by atoms with Crippen LogP contribution in [0.4, 0.5) is 13.2 Å². The quantitative estimate of drug-likeness (QED) is 0.767. The lowest BCUT2D eigenvalue weighted by atomic mass is 9.95. The number of carbonyl (C=O) groups is 1. The largest absolute Gasteiger partial charge is 0.416 e. The first-order valence-corrected chi connectivity index (χ1v) is 9.43. The first kappa shape index (κ1) is 18.2. The van der Waals surface area contributed by atoms with Crippen LogP contribution in [-0.2, 0) is 17.4 Å². The first-order chi connectivity index (χ1) is 11.9. The van der Waals surface area contributed by atoms with Gasteiger partial charge < -0.3 is 4.90 Å². The van der Waals surface area contributed by atoms with E-state index in [-0.39, 0.29) is 5.91 Å². The van der Waals surface area contributed by atoms with E-state index < -0.39 is 11.7 Å². The van der Waals surface area contributed by atoms with E-state index >= 15 is 0 Å². The number of halogens is 3. The maximum Gasteiger partial charge on any atom is 0.416 e. The van der Waals surface area contributed by atoms with E-state index in [2.05, 4.69) is 11.9 Å². The molecule has 1 unspecified atom stereocenters. The molecular formula is C18H21F3N2OS. The number of hydrogen-bond acceptors (Lipinski definition) is 3. The number of aryl methyl sites for hydroxylation is 1. The van der Waals surface area contributed by atoms with E-state index in [4.69, 9.17) is 0 Å². The zero-order chi connectivity index (χ0) is 18.0. The summed E-state index contributed by atoms with van der Waals surface area (Å²) in [5.41, 5.74) is -0.335. The fourth-order valence-electron chi connectivity index (χ4n) is 3.26. The van der Waals surface area contributed by atoms with Crippen molar-refractivity contribution in [3.8, 4) is 0 Å². The summed E-state index contributed by atoms with van der Waals surface area (Å²) < 4.78 is 39.0. The number of alkyl halides is 3. The van der Waals surface area contributed by atoms with Gasteiger partial charge in [-0.15, -0.1) is 11.3 Å². The molecule has 2 heterocycles. The Morgan fingerprint density at radius 2 is 2.20 bits per heavy atom. The van der Waals surface area contributed by atoms with Crippen LogP contribution in [0, 0.1) is 5.92 Å². The molecule has 0 bridgehead atoms. The highest BCUT2D eigenvalue weighted by molar-refractivity contribution is 7.18. The monoisotopic (exact) mass is 370 g/mol. The van der Waals surface area contributed by atoms with Gasteiger partial charge in [-0.2, -0.15) is 13.2 Å². The number of thiazole rings is 1. The van der Waals surface area contributed by atoms with Gasteiger partial charge in [0.1, 0.15) is 0 Å². The molecule has 136 valence electrons. The standard InChI is InChI=1S/C18H21F3N2OS/c1-2-12-4-3-9-23(11-12)17(24)8-7-16-22-14-10-13(18(19,20)21)5-6-15(14)25-16/h5-6,10,12H,2-4,7-9,11H2,1H3. The smallest absolute Gasteiger partial charge is 0.342 e. The number of aromatic nitrogens is 1. The average Bonchev–Trinajstić information content (AvgIpc) is 3.01. The molecule has 0 aliphatic carbocycles. The van der Waals surface area contributed by atoms with Crippen LogP contribution in [0.25, 0.3) is 10.2 Å². The summed E-state index contributed by atoms with van der Waals surface area (Å²) in [4.78, 5) is 18.6. The fraction of sp³-hybridized carbons (Fsp3) is 0.556. The lowest BCUT2D eigenvalue weighted by molar-refractivity contribution is -0.137. The van der Waals surface area contributed by atoms with Crippen LogP contribution in [0.2, 0.25) is 0 Å². The maximum absolute atomic E-state index is 12.8. The van der Waals surface area contributed by atoms with E-state index in [0.717, 1.165) is 42.8 Å². The van der Waals surface area contributed by atoms with Crippen molar-refractivity contribution in [1.29, 1.82) is 0 Å². The van der Waals surface area contributed by atoms with Gasteiger partial charge in [0.05, 0.1) is 20.8 Å². The number of hydrogen-bond donors (Lipinski definition) is 0. The van der Waals surface area contributed by atoms with Crippen molar-refractivity contribution in [3.05, 3.63) is 28.8 Å². The van der Waals surface area contributed by atoms with Crippen LogP contribution in [0.1, 0.15) is 43.2 Å². The molecule has 1 saturated heterocycles. The van der Waals surface area contributed by atoms with E-state index in [9.17, 15) is 18.0 Å². The molecule has 2 aromatic rings. The summed E-state index contributed by atoms with van der Waals surface area (Å²) in [6.45, 7) is 3.78. The minimum absolute atomic E-state index is 0.119. The second kappa shape index (κ2) is 7.32. The van der Waals surface area contributed by atoms with Gasteiger partial charge in [-0.25, -0.2) is 4.98 Å². The Kier molecular flexibility index (Phi) is 5.32. The number of amides is 1. The molecular weight excluding hydrogens is 349 g/mol. The van der Waals surface area contributed by atoms with E-state index in [1.165, 1.54) is 23.8 Å². The molecule has 1 amide bonds. The first-order valence-electron chi connectivity index (χ1n) is 8.61. The van der Waals surface area contributed by atoms with Gasteiger partial charge in [-0.05, 0) is 37.0 Å². The molecule has 1 aliphatic heterocycles. The minimum atomic E-state index is -4.36. The Morgan fingerprint density at radius 3 is 2.92 bits per heavy atom. The summed E-state index contributed by atoms with van der Waals surface area (Å²) in [5, 5.41) is 0.715. The molecule has 0 N–H and O–H groups in total. The van der Waals surface area contributed by atoms with Gasteiger partial charge in [0, 0.05) is 25.9 Å². The number of nitrogens with zero attached hydrogens (tertiary/aromatic N) is 2. The Hall–Kier alpha value is -1.63. The lowest BCUT2D eigenvalue weighted by Gasteiger charge is -2.32. The Balaban J connectivity index is 1.64.